The predicted molar refractivity (Wildman–Crippen MR) is 89.8 cm³/mol. The van der Waals surface area contributed by atoms with Gasteiger partial charge in [-0.05, 0) is 12.0 Å². The van der Waals surface area contributed by atoms with Crippen molar-refractivity contribution < 1.29 is 18.0 Å². The van der Waals surface area contributed by atoms with Crippen molar-refractivity contribution in [2.24, 2.45) is 10.7 Å². The zero-order chi connectivity index (χ0) is 18.3. The number of amides is 1. The fourth-order valence-corrected chi connectivity index (χ4v) is 2.59. The van der Waals surface area contributed by atoms with E-state index in [0.717, 1.165) is 0 Å². The van der Waals surface area contributed by atoms with Crippen molar-refractivity contribution in [3.63, 3.8) is 0 Å². The highest BCUT2D eigenvalue weighted by Gasteiger charge is 2.28. The fraction of sp³-hybridized carbons (Fsp3) is 0.412. The third-order valence-electron chi connectivity index (χ3n) is 3.89. The first kappa shape index (κ1) is 19.0. The van der Waals surface area contributed by atoms with Crippen molar-refractivity contribution in [2.45, 2.75) is 31.5 Å². The van der Waals surface area contributed by atoms with Gasteiger partial charge in [-0.25, -0.2) is 0 Å². The zero-order valence-corrected chi connectivity index (χ0v) is 13.6. The Morgan fingerprint density at radius 3 is 2.72 bits per heavy atom. The van der Waals surface area contributed by atoms with Crippen LogP contribution in [0, 0.1) is 0 Å². The number of aliphatic imine (C=N–C) groups is 1. The number of nitrogens with two attached hydrogens (primary N) is 1. The van der Waals surface area contributed by atoms with Gasteiger partial charge < -0.3 is 16.4 Å². The number of primary amides is 1. The minimum atomic E-state index is -4.23. The van der Waals surface area contributed by atoms with Crippen LogP contribution in [-0.2, 0) is 4.79 Å². The lowest BCUT2D eigenvalue weighted by Crippen LogP contribution is -2.35. The first-order chi connectivity index (χ1) is 11.9. The molecule has 1 amide bonds. The molecule has 0 saturated carbocycles. The highest BCUT2D eigenvalue weighted by molar-refractivity contribution is 5.93. The Morgan fingerprint density at radius 1 is 1.36 bits per heavy atom. The van der Waals surface area contributed by atoms with E-state index in [1.54, 1.807) is 30.3 Å². The van der Waals surface area contributed by atoms with E-state index in [1.165, 1.54) is 6.34 Å². The van der Waals surface area contributed by atoms with Crippen molar-refractivity contribution in [3.8, 4) is 0 Å². The molecule has 0 aromatic heterocycles. The number of rotatable bonds is 7. The number of alkyl halides is 3. The highest BCUT2D eigenvalue weighted by Crippen LogP contribution is 2.29. The van der Waals surface area contributed by atoms with Crippen LogP contribution in [0.25, 0.3) is 0 Å². The molecular weight excluding hydrogens is 333 g/mol. The smallest absolute Gasteiger partial charge is 0.366 e. The Bertz CT molecular complexity index is 641. The number of nitrogens with one attached hydrogen (secondary N) is 2. The molecule has 0 radical (unpaired) electrons. The van der Waals surface area contributed by atoms with Crippen LogP contribution in [0.3, 0.4) is 0 Å². The lowest BCUT2D eigenvalue weighted by atomic mass is 10.0. The third kappa shape index (κ3) is 6.22. The van der Waals surface area contributed by atoms with E-state index in [1.807, 2.05) is 0 Å². The molecule has 1 unspecified atom stereocenters. The molecule has 0 aliphatic carbocycles. The second-order valence-corrected chi connectivity index (χ2v) is 5.75. The molecule has 0 fully saturated rings. The topological polar surface area (TPSA) is 79.5 Å². The van der Waals surface area contributed by atoms with Crippen LogP contribution in [0.1, 0.15) is 30.9 Å². The molecular formula is C17H21F3N4O. The van der Waals surface area contributed by atoms with Crippen LogP contribution in [0.2, 0.25) is 0 Å². The highest BCUT2D eigenvalue weighted by atomic mass is 19.4. The largest absolute Gasteiger partial charge is 0.389 e. The molecule has 1 aliphatic heterocycles. The van der Waals surface area contributed by atoms with Gasteiger partial charge >= 0.3 is 6.18 Å². The molecule has 2 rings (SSSR count). The van der Waals surface area contributed by atoms with Crippen LogP contribution < -0.4 is 16.4 Å². The van der Waals surface area contributed by atoms with Gasteiger partial charge in [-0.15, -0.1) is 0 Å². The molecule has 1 aliphatic rings. The Balaban J connectivity index is 2.10. The van der Waals surface area contributed by atoms with Crippen LogP contribution in [0.15, 0.2) is 46.6 Å². The second kappa shape index (κ2) is 8.66. The lowest BCUT2D eigenvalue weighted by molar-refractivity contribution is -0.136. The lowest BCUT2D eigenvalue weighted by Gasteiger charge is -2.19. The standard InChI is InChI=1S/C17H21F3N4O/c18-17(19,20)8-6-14(12-4-2-1-3-5-12)23-11-24-15-7-9-22-10-13(15)16(21)25/h1-5,11,14,22H,6-10H2,(H2,21,25)(H,23,24). The summed E-state index contributed by atoms with van der Waals surface area (Å²) in [6.07, 6.45) is -3.36. The first-order valence-electron chi connectivity index (χ1n) is 7.99. The zero-order valence-electron chi connectivity index (χ0n) is 13.6. The minimum absolute atomic E-state index is 0.144. The maximum absolute atomic E-state index is 12.6. The number of carbonyl (C=O) groups is 1. The first-order valence-corrected chi connectivity index (χ1v) is 7.99. The Labute approximate surface area is 144 Å². The maximum Gasteiger partial charge on any atom is 0.389 e. The monoisotopic (exact) mass is 354 g/mol. The Morgan fingerprint density at radius 2 is 2.08 bits per heavy atom. The number of hydrogen-bond donors (Lipinski definition) is 3. The van der Waals surface area contributed by atoms with Gasteiger partial charge in [0, 0.05) is 37.2 Å². The molecule has 0 bridgehead atoms. The summed E-state index contributed by atoms with van der Waals surface area (Å²) in [6, 6.07) is 8.20. The van der Waals surface area contributed by atoms with E-state index in [-0.39, 0.29) is 6.42 Å². The summed E-state index contributed by atoms with van der Waals surface area (Å²) in [5.41, 5.74) is 7.12. The average molecular weight is 354 g/mol. The molecule has 8 heteroatoms. The van der Waals surface area contributed by atoms with Gasteiger partial charge in [0.05, 0.1) is 12.4 Å². The van der Waals surface area contributed by atoms with E-state index >= 15 is 0 Å². The van der Waals surface area contributed by atoms with Gasteiger partial charge in [0.1, 0.15) is 0 Å². The summed E-state index contributed by atoms with van der Waals surface area (Å²) >= 11 is 0. The summed E-state index contributed by atoms with van der Waals surface area (Å²) in [4.78, 5) is 15.7. The number of hydrogen-bond acceptors (Lipinski definition) is 3. The fourth-order valence-electron chi connectivity index (χ4n) is 2.59. The van der Waals surface area contributed by atoms with Crippen LogP contribution in [0.5, 0.6) is 0 Å². The number of halogens is 3. The summed E-state index contributed by atoms with van der Waals surface area (Å²) < 4.78 is 37.7. The van der Waals surface area contributed by atoms with E-state index in [0.29, 0.717) is 36.3 Å². The number of nitrogens with zero attached hydrogens (tertiary/aromatic N) is 1. The van der Waals surface area contributed by atoms with Crippen molar-refractivity contribution in [2.75, 3.05) is 13.1 Å². The number of carbonyl (C=O) groups excluding carboxylic acids is 1. The SMILES string of the molecule is NC(=O)C1=C(NC=NC(CCC(F)(F)F)c2ccccc2)CCNC1. The molecule has 5 nitrogen and oxygen atoms in total. The van der Waals surface area contributed by atoms with Gasteiger partial charge in [0.15, 0.2) is 0 Å². The average Bonchev–Trinajstić information content (AvgIpc) is 2.58. The van der Waals surface area contributed by atoms with E-state index < -0.39 is 24.5 Å². The molecule has 136 valence electrons. The van der Waals surface area contributed by atoms with Crippen molar-refractivity contribution in [1.29, 1.82) is 0 Å². The normalized spacial score (nSPS) is 16.9. The summed E-state index contributed by atoms with van der Waals surface area (Å²) in [5, 5.41) is 5.96. The van der Waals surface area contributed by atoms with E-state index in [2.05, 4.69) is 15.6 Å². The number of benzene rings is 1. The molecule has 0 saturated heterocycles. The van der Waals surface area contributed by atoms with Gasteiger partial charge in [0.2, 0.25) is 5.91 Å². The van der Waals surface area contributed by atoms with Gasteiger partial charge in [-0.2, -0.15) is 13.2 Å². The predicted octanol–water partition coefficient (Wildman–Crippen LogP) is 2.42. The van der Waals surface area contributed by atoms with Crippen molar-refractivity contribution in [3.05, 3.63) is 47.2 Å². The van der Waals surface area contributed by atoms with Crippen LogP contribution >= 0.6 is 0 Å². The Kier molecular flexibility index (Phi) is 6.58. The quantitative estimate of drug-likeness (QED) is 0.520. The van der Waals surface area contributed by atoms with Gasteiger partial charge in [-0.1, -0.05) is 30.3 Å². The molecule has 1 atom stereocenters. The minimum Gasteiger partial charge on any atom is -0.366 e. The van der Waals surface area contributed by atoms with Crippen molar-refractivity contribution in [1.82, 2.24) is 10.6 Å². The van der Waals surface area contributed by atoms with Crippen LogP contribution in [-0.4, -0.2) is 31.5 Å². The third-order valence-corrected chi connectivity index (χ3v) is 3.89. The van der Waals surface area contributed by atoms with Crippen molar-refractivity contribution >= 4 is 12.2 Å². The molecule has 1 heterocycles. The molecule has 4 N–H and O–H groups in total. The molecule has 1 aromatic carbocycles. The summed E-state index contributed by atoms with van der Waals surface area (Å²) in [7, 11) is 0. The Hall–Kier alpha value is -2.35. The van der Waals surface area contributed by atoms with E-state index in [9.17, 15) is 18.0 Å². The van der Waals surface area contributed by atoms with E-state index in [4.69, 9.17) is 5.73 Å². The van der Waals surface area contributed by atoms with Gasteiger partial charge in [0.25, 0.3) is 0 Å². The summed E-state index contributed by atoms with van der Waals surface area (Å²) in [6.45, 7) is 1.05. The maximum atomic E-state index is 12.6. The molecule has 25 heavy (non-hydrogen) atoms. The molecule has 0 spiro atoms. The van der Waals surface area contributed by atoms with Gasteiger partial charge in [-0.3, -0.25) is 9.79 Å². The summed E-state index contributed by atoms with van der Waals surface area (Å²) in [5.74, 6) is -0.528. The second-order valence-electron chi connectivity index (χ2n) is 5.75. The van der Waals surface area contributed by atoms with Crippen LogP contribution in [0.4, 0.5) is 13.2 Å². The molecule has 1 aromatic rings.